The molecule has 0 aromatic heterocycles. The van der Waals surface area contributed by atoms with E-state index in [2.05, 4.69) is 5.32 Å². The number of benzene rings is 2. The van der Waals surface area contributed by atoms with Crippen LogP contribution >= 0.6 is 34.8 Å². The summed E-state index contributed by atoms with van der Waals surface area (Å²) in [4.78, 5) is 26.3. The number of nitrogens with one attached hydrogen (secondary N) is 1. The molecule has 25 heavy (non-hydrogen) atoms. The monoisotopic (exact) mass is 394 g/mol. The fourth-order valence-corrected chi connectivity index (χ4v) is 3.27. The molecule has 3 rings (SSSR count). The lowest BCUT2D eigenvalue weighted by molar-refractivity contribution is -0.120. The zero-order valence-corrected chi connectivity index (χ0v) is 15.6. The number of imide groups is 1. The number of anilines is 2. The molecule has 0 atom stereocenters. The van der Waals surface area contributed by atoms with Crippen LogP contribution in [-0.4, -0.2) is 11.8 Å². The number of nitrogens with zero attached hydrogens (tertiary/aromatic N) is 1. The zero-order chi connectivity index (χ0) is 18.3. The van der Waals surface area contributed by atoms with E-state index >= 15 is 0 Å². The largest absolute Gasteiger partial charge is 0.349 e. The summed E-state index contributed by atoms with van der Waals surface area (Å²) in [6.45, 7) is 3.61. The van der Waals surface area contributed by atoms with Crippen molar-refractivity contribution in [1.29, 1.82) is 0 Å². The standard InChI is InChI=1S/C18H13Cl3N2O2/c1-9-7-11(19)3-5-13(9)22-16-15(21)17(24)23(18(16)25)14-6-4-12(20)8-10(14)2/h3-8,22H,1-2H3. The van der Waals surface area contributed by atoms with Crippen LogP contribution in [0, 0.1) is 13.8 Å². The number of amides is 2. The minimum Gasteiger partial charge on any atom is -0.349 e. The van der Waals surface area contributed by atoms with Gasteiger partial charge < -0.3 is 5.32 Å². The van der Waals surface area contributed by atoms with E-state index in [1.54, 1.807) is 43.3 Å². The fraction of sp³-hybridized carbons (Fsp3) is 0.111. The summed E-state index contributed by atoms with van der Waals surface area (Å²) in [6, 6.07) is 10.1. The molecule has 2 aromatic carbocycles. The molecule has 0 aliphatic carbocycles. The maximum Gasteiger partial charge on any atom is 0.283 e. The Morgan fingerprint density at radius 3 is 2.04 bits per heavy atom. The SMILES string of the molecule is Cc1cc(Cl)ccc1NC1=C(Cl)C(=O)N(c2ccc(Cl)cc2C)C1=O. The maximum atomic E-state index is 12.8. The molecule has 0 radical (unpaired) electrons. The van der Waals surface area contributed by atoms with E-state index in [1.807, 2.05) is 6.92 Å². The molecule has 1 aliphatic rings. The van der Waals surface area contributed by atoms with E-state index in [0.717, 1.165) is 10.5 Å². The van der Waals surface area contributed by atoms with Gasteiger partial charge in [0.1, 0.15) is 10.7 Å². The molecule has 1 aliphatic heterocycles. The van der Waals surface area contributed by atoms with Gasteiger partial charge in [-0.3, -0.25) is 9.59 Å². The molecule has 0 saturated heterocycles. The van der Waals surface area contributed by atoms with Gasteiger partial charge >= 0.3 is 0 Å². The highest BCUT2D eigenvalue weighted by Gasteiger charge is 2.39. The third-order valence-electron chi connectivity index (χ3n) is 3.88. The lowest BCUT2D eigenvalue weighted by Crippen LogP contribution is -2.32. The van der Waals surface area contributed by atoms with Crippen LogP contribution in [0.25, 0.3) is 0 Å². The molecule has 128 valence electrons. The van der Waals surface area contributed by atoms with Crippen LogP contribution in [0.2, 0.25) is 10.0 Å². The van der Waals surface area contributed by atoms with Crippen LogP contribution in [0.5, 0.6) is 0 Å². The Bertz CT molecular complexity index is 938. The molecule has 2 aromatic rings. The van der Waals surface area contributed by atoms with E-state index in [4.69, 9.17) is 34.8 Å². The first-order chi connectivity index (χ1) is 11.8. The van der Waals surface area contributed by atoms with Gasteiger partial charge in [0, 0.05) is 15.7 Å². The van der Waals surface area contributed by atoms with Crippen molar-refractivity contribution in [2.45, 2.75) is 13.8 Å². The Morgan fingerprint density at radius 1 is 0.840 bits per heavy atom. The molecule has 4 nitrogen and oxygen atoms in total. The van der Waals surface area contributed by atoms with E-state index in [-0.39, 0.29) is 10.7 Å². The average Bonchev–Trinajstić information content (AvgIpc) is 2.74. The van der Waals surface area contributed by atoms with Gasteiger partial charge in [0.15, 0.2) is 0 Å². The first-order valence-electron chi connectivity index (χ1n) is 7.37. The smallest absolute Gasteiger partial charge is 0.283 e. The third kappa shape index (κ3) is 3.25. The summed E-state index contributed by atoms with van der Waals surface area (Å²) in [5.41, 5.74) is 2.65. The zero-order valence-electron chi connectivity index (χ0n) is 13.4. The molecule has 0 fully saturated rings. The van der Waals surface area contributed by atoms with Crippen LogP contribution < -0.4 is 10.2 Å². The lowest BCUT2D eigenvalue weighted by atomic mass is 10.2. The second kappa shape index (κ2) is 6.71. The van der Waals surface area contributed by atoms with Gasteiger partial charge in [-0.25, -0.2) is 4.90 Å². The number of halogens is 3. The average molecular weight is 396 g/mol. The minimum absolute atomic E-state index is 0.0337. The summed E-state index contributed by atoms with van der Waals surface area (Å²) in [7, 11) is 0. The molecule has 2 amide bonds. The summed E-state index contributed by atoms with van der Waals surface area (Å²) < 4.78 is 0. The molecule has 7 heteroatoms. The normalized spacial score (nSPS) is 14.5. The summed E-state index contributed by atoms with van der Waals surface area (Å²) in [6.07, 6.45) is 0. The van der Waals surface area contributed by atoms with Gasteiger partial charge in [-0.05, 0) is 61.4 Å². The molecule has 1 N–H and O–H groups in total. The Labute approximate surface area is 160 Å². The number of aryl methyl sites for hydroxylation is 2. The molecule has 0 unspecified atom stereocenters. The fourth-order valence-electron chi connectivity index (χ4n) is 2.60. The highest BCUT2D eigenvalue weighted by atomic mass is 35.5. The van der Waals surface area contributed by atoms with Crippen LogP contribution in [-0.2, 0) is 9.59 Å². The number of carbonyl (C=O) groups is 2. The first-order valence-corrected chi connectivity index (χ1v) is 8.51. The molecule has 0 spiro atoms. The van der Waals surface area contributed by atoms with Crippen molar-refractivity contribution < 1.29 is 9.59 Å². The van der Waals surface area contributed by atoms with Crippen LogP contribution in [0.1, 0.15) is 11.1 Å². The van der Waals surface area contributed by atoms with Crippen LogP contribution in [0.15, 0.2) is 47.1 Å². The molecule has 0 saturated carbocycles. The molecule has 0 bridgehead atoms. The van der Waals surface area contributed by atoms with Gasteiger partial charge in [0.05, 0.1) is 5.69 Å². The van der Waals surface area contributed by atoms with Crippen molar-refractivity contribution in [2.75, 3.05) is 10.2 Å². The van der Waals surface area contributed by atoms with E-state index in [0.29, 0.717) is 27.0 Å². The predicted molar refractivity (Wildman–Crippen MR) is 101 cm³/mol. The number of carbonyl (C=O) groups excluding carboxylic acids is 2. The van der Waals surface area contributed by atoms with Crippen molar-refractivity contribution in [3.8, 4) is 0 Å². The van der Waals surface area contributed by atoms with Crippen molar-refractivity contribution in [3.05, 3.63) is 68.3 Å². The van der Waals surface area contributed by atoms with Crippen LogP contribution in [0.4, 0.5) is 11.4 Å². The number of rotatable bonds is 3. The number of hydrogen-bond acceptors (Lipinski definition) is 3. The Balaban J connectivity index is 1.96. The van der Waals surface area contributed by atoms with Gasteiger partial charge in [-0.15, -0.1) is 0 Å². The van der Waals surface area contributed by atoms with E-state index in [9.17, 15) is 9.59 Å². The maximum absolute atomic E-state index is 12.8. The predicted octanol–water partition coefficient (Wildman–Crippen LogP) is 5.05. The second-order valence-corrected chi connectivity index (χ2v) is 6.90. The first kappa shape index (κ1) is 17.8. The van der Waals surface area contributed by atoms with Gasteiger partial charge in [-0.2, -0.15) is 0 Å². The number of hydrogen-bond donors (Lipinski definition) is 1. The van der Waals surface area contributed by atoms with Gasteiger partial charge in [-0.1, -0.05) is 34.8 Å². The van der Waals surface area contributed by atoms with Crippen molar-refractivity contribution in [2.24, 2.45) is 0 Å². The Hall–Kier alpha value is -2.01. The quantitative estimate of drug-likeness (QED) is 0.740. The van der Waals surface area contributed by atoms with Crippen molar-refractivity contribution in [1.82, 2.24) is 0 Å². The van der Waals surface area contributed by atoms with Crippen molar-refractivity contribution >= 4 is 58.0 Å². The summed E-state index contributed by atoms with van der Waals surface area (Å²) >= 11 is 18.0. The summed E-state index contributed by atoms with van der Waals surface area (Å²) in [5, 5.41) is 3.89. The second-order valence-electron chi connectivity index (χ2n) is 5.65. The Kier molecular flexibility index (Phi) is 4.78. The highest BCUT2D eigenvalue weighted by molar-refractivity contribution is 6.53. The molecule has 1 heterocycles. The topological polar surface area (TPSA) is 49.4 Å². The minimum atomic E-state index is -0.578. The third-order valence-corrected chi connectivity index (χ3v) is 4.70. The van der Waals surface area contributed by atoms with E-state index in [1.165, 1.54) is 0 Å². The van der Waals surface area contributed by atoms with Gasteiger partial charge in [0.2, 0.25) is 0 Å². The van der Waals surface area contributed by atoms with E-state index < -0.39 is 11.8 Å². The lowest BCUT2D eigenvalue weighted by Gasteiger charge is -2.18. The Morgan fingerprint density at radius 2 is 1.44 bits per heavy atom. The summed E-state index contributed by atoms with van der Waals surface area (Å²) in [5.74, 6) is -1.10. The van der Waals surface area contributed by atoms with Crippen molar-refractivity contribution in [3.63, 3.8) is 0 Å². The molecular formula is C18H13Cl3N2O2. The highest BCUT2D eigenvalue weighted by Crippen LogP contribution is 2.33. The molecular weight excluding hydrogens is 383 g/mol. The van der Waals surface area contributed by atoms with Crippen LogP contribution in [0.3, 0.4) is 0 Å². The van der Waals surface area contributed by atoms with Gasteiger partial charge in [0.25, 0.3) is 11.8 Å².